The lowest BCUT2D eigenvalue weighted by atomic mass is 10.3. The van der Waals surface area contributed by atoms with Crippen LogP contribution in [0.25, 0.3) is 0 Å². The largest absolute Gasteiger partial charge is 0.395 e. The third-order valence-electron chi connectivity index (χ3n) is 2.57. The van der Waals surface area contributed by atoms with E-state index in [2.05, 4.69) is 25.6 Å². The summed E-state index contributed by atoms with van der Waals surface area (Å²) in [4.78, 5) is 3.35. The van der Waals surface area contributed by atoms with E-state index in [0.717, 1.165) is 6.07 Å². The molecular formula is C12H10BrClFN3O2S. The van der Waals surface area contributed by atoms with Crippen LogP contribution in [0.2, 0.25) is 5.02 Å². The summed E-state index contributed by atoms with van der Waals surface area (Å²) in [5.74, 6) is -1.00. The molecular weight excluding hydrogens is 385 g/mol. The molecule has 0 atom stereocenters. The predicted molar refractivity (Wildman–Crippen MR) is 83.3 cm³/mol. The summed E-state index contributed by atoms with van der Waals surface area (Å²) in [5.41, 5.74) is 5.72. The molecule has 1 heterocycles. The number of anilines is 2. The number of nitrogens with one attached hydrogen (secondary N) is 1. The van der Waals surface area contributed by atoms with Gasteiger partial charge in [-0.2, -0.15) is 0 Å². The van der Waals surface area contributed by atoms with Gasteiger partial charge in [0.05, 0.1) is 15.2 Å². The molecule has 1 aromatic heterocycles. The molecule has 0 spiro atoms. The minimum atomic E-state index is -4.20. The SMILES string of the molecule is Cc1cccc(NS(=O)(=O)c2cc(Cl)c(Br)c(N)c2F)n1. The second-order valence-corrected chi connectivity index (χ2v) is 7.02. The molecule has 0 aliphatic rings. The van der Waals surface area contributed by atoms with Crippen molar-refractivity contribution in [3.8, 4) is 0 Å². The normalized spacial score (nSPS) is 11.4. The molecule has 0 saturated carbocycles. The zero-order valence-corrected chi connectivity index (χ0v) is 13.9. The van der Waals surface area contributed by atoms with Crippen molar-refractivity contribution in [2.45, 2.75) is 11.8 Å². The van der Waals surface area contributed by atoms with Gasteiger partial charge in [0, 0.05) is 5.69 Å². The first-order valence-electron chi connectivity index (χ1n) is 5.62. The molecule has 21 heavy (non-hydrogen) atoms. The fourth-order valence-electron chi connectivity index (χ4n) is 1.59. The maximum Gasteiger partial charge on any atom is 0.266 e. The zero-order valence-electron chi connectivity index (χ0n) is 10.7. The summed E-state index contributed by atoms with van der Waals surface area (Å²) in [6.07, 6.45) is 0. The number of hydrogen-bond acceptors (Lipinski definition) is 4. The predicted octanol–water partition coefficient (Wildman–Crippen LogP) is 3.33. The van der Waals surface area contributed by atoms with Crippen LogP contribution >= 0.6 is 27.5 Å². The van der Waals surface area contributed by atoms with E-state index in [4.69, 9.17) is 17.3 Å². The standard InChI is InChI=1S/C12H10BrClFN3O2S/c1-6-3-2-4-9(17-6)18-21(19,20)8-5-7(14)10(13)12(16)11(8)15/h2-5H,16H2,1H3,(H,17,18). The highest BCUT2D eigenvalue weighted by Gasteiger charge is 2.24. The summed E-state index contributed by atoms with van der Waals surface area (Å²) < 4.78 is 40.8. The summed E-state index contributed by atoms with van der Waals surface area (Å²) >= 11 is 8.81. The smallest absolute Gasteiger partial charge is 0.266 e. The molecule has 1 aromatic carbocycles. The van der Waals surface area contributed by atoms with E-state index in [1.807, 2.05) is 0 Å². The van der Waals surface area contributed by atoms with Crippen LogP contribution in [0.4, 0.5) is 15.9 Å². The lowest BCUT2D eigenvalue weighted by molar-refractivity contribution is 0.572. The lowest BCUT2D eigenvalue weighted by Crippen LogP contribution is -2.16. The monoisotopic (exact) mass is 393 g/mol. The number of hydrogen-bond donors (Lipinski definition) is 2. The minimum Gasteiger partial charge on any atom is -0.395 e. The molecule has 0 saturated heterocycles. The molecule has 0 amide bonds. The van der Waals surface area contributed by atoms with Crippen LogP contribution in [0, 0.1) is 12.7 Å². The molecule has 0 fully saturated rings. The van der Waals surface area contributed by atoms with Gasteiger partial charge in [0.1, 0.15) is 10.7 Å². The average Bonchev–Trinajstić information content (AvgIpc) is 2.40. The Morgan fingerprint density at radius 2 is 2.10 bits per heavy atom. The number of sulfonamides is 1. The van der Waals surface area contributed by atoms with Gasteiger partial charge in [-0.15, -0.1) is 0 Å². The number of nitrogens with zero attached hydrogens (tertiary/aromatic N) is 1. The van der Waals surface area contributed by atoms with Gasteiger partial charge in [0.25, 0.3) is 10.0 Å². The number of rotatable bonds is 3. The molecule has 0 bridgehead atoms. The van der Waals surface area contributed by atoms with Crippen molar-refractivity contribution in [3.05, 3.63) is 45.3 Å². The van der Waals surface area contributed by atoms with Crippen molar-refractivity contribution >= 4 is 49.1 Å². The molecule has 0 aliphatic heterocycles. The fraction of sp³-hybridized carbons (Fsp3) is 0.0833. The van der Waals surface area contributed by atoms with E-state index >= 15 is 0 Å². The summed E-state index contributed by atoms with van der Waals surface area (Å²) in [5, 5.41) is -0.00789. The van der Waals surface area contributed by atoms with E-state index in [-0.39, 0.29) is 21.0 Å². The molecule has 0 radical (unpaired) electrons. The Hall–Kier alpha value is -1.38. The Bertz CT molecular complexity index is 814. The van der Waals surface area contributed by atoms with Crippen LogP contribution in [0.15, 0.2) is 33.6 Å². The zero-order chi connectivity index (χ0) is 15.8. The second-order valence-electron chi connectivity index (χ2n) is 4.17. The number of aromatic nitrogens is 1. The fourth-order valence-corrected chi connectivity index (χ4v) is 3.27. The lowest BCUT2D eigenvalue weighted by Gasteiger charge is -2.11. The van der Waals surface area contributed by atoms with Crippen molar-refractivity contribution in [1.82, 2.24) is 4.98 Å². The second kappa shape index (κ2) is 5.78. The third kappa shape index (κ3) is 3.28. The van der Waals surface area contributed by atoms with E-state index in [9.17, 15) is 12.8 Å². The van der Waals surface area contributed by atoms with Crippen molar-refractivity contribution in [3.63, 3.8) is 0 Å². The first kappa shape index (κ1) is 16.0. The van der Waals surface area contributed by atoms with Gasteiger partial charge in [-0.1, -0.05) is 17.7 Å². The van der Waals surface area contributed by atoms with Gasteiger partial charge in [0.2, 0.25) is 0 Å². The van der Waals surface area contributed by atoms with Crippen LogP contribution in [-0.2, 0) is 10.0 Å². The molecule has 0 aliphatic carbocycles. The Morgan fingerprint density at radius 3 is 2.71 bits per heavy atom. The molecule has 9 heteroatoms. The maximum absolute atomic E-state index is 14.1. The van der Waals surface area contributed by atoms with Gasteiger partial charge in [-0.25, -0.2) is 17.8 Å². The average molecular weight is 395 g/mol. The number of halogens is 3. The first-order valence-corrected chi connectivity index (χ1v) is 8.27. The van der Waals surface area contributed by atoms with Crippen molar-refractivity contribution < 1.29 is 12.8 Å². The van der Waals surface area contributed by atoms with Crippen LogP contribution in [0.3, 0.4) is 0 Å². The van der Waals surface area contributed by atoms with E-state index in [0.29, 0.717) is 5.69 Å². The summed E-state index contributed by atoms with van der Waals surface area (Å²) in [6.45, 7) is 1.70. The van der Waals surface area contributed by atoms with Crippen LogP contribution < -0.4 is 10.5 Å². The van der Waals surface area contributed by atoms with Crippen molar-refractivity contribution in [2.75, 3.05) is 10.5 Å². The Labute approximate surface area is 134 Å². The first-order chi connectivity index (χ1) is 9.72. The highest BCUT2D eigenvalue weighted by molar-refractivity contribution is 9.10. The number of nitrogen functional groups attached to an aromatic ring is 1. The van der Waals surface area contributed by atoms with Crippen molar-refractivity contribution in [2.24, 2.45) is 0 Å². The van der Waals surface area contributed by atoms with Crippen molar-refractivity contribution in [1.29, 1.82) is 0 Å². The number of benzene rings is 1. The van der Waals surface area contributed by atoms with E-state index in [1.165, 1.54) is 6.07 Å². The van der Waals surface area contributed by atoms with Gasteiger partial charge in [-0.3, -0.25) is 4.72 Å². The molecule has 2 aromatic rings. The van der Waals surface area contributed by atoms with E-state index < -0.39 is 20.7 Å². The summed E-state index contributed by atoms with van der Waals surface area (Å²) in [6, 6.07) is 5.76. The Kier molecular flexibility index (Phi) is 4.40. The Balaban J connectivity index is 2.50. The highest BCUT2D eigenvalue weighted by Crippen LogP contribution is 2.35. The minimum absolute atomic E-state index is 0.00789. The van der Waals surface area contributed by atoms with Crippen LogP contribution in [0.1, 0.15) is 5.69 Å². The number of nitrogens with two attached hydrogens (primary N) is 1. The third-order valence-corrected chi connectivity index (χ3v) is 5.31. The number of pyridine rings is 1. The van der Waals surface area contributed by atoms with Gasteiger partial charge in [0.15, 0.2) is 5.82 Å². The van der Waals surface area contributed by atoms with Gasteiger partial charge in [-0.05, 0) is 41.1 Å². The molecule has 0 unspecified atom stereocenters. The molecule has 3 N–H and O–H groups in total. The Morgan fingerprint density at radius 1 is 1.43 bits per heavy atom. The van der Waals surface area contributed by atoms with Crippen LogP contribution in [-0.4, -0.2) is 13.4 Å². The van der Waals surface area contributed by atoms with Gasteiger partial charge < -0.3 is 5.73 Å². The molecule has 112 valence electrons. The maximum atomic E-state index is 14.1. The topological polar surface area (TPSA) is 85.1 Å². The number of aryl methyl sites for hydroxylation is 1. The molecule has 2 rings (SSSR count). The molecule has 5 nitrogen and oxygen atoms in total. The highest BCUT2D eigenvalue weighted by atomic mass is 79.9. The van der Waals surface area contributed by atoms with Gasteiger partial charge >= 0.3 is 0 Å². The quantitative estimate of drug-likeness (QED) is 0.618. The summed E-state index contributed by atoms with van der Waals surface area (Å²) in [7, 11) is -4.20. The van der Waals surface area contributed by atoms with E-state index in [1.54, 1.807) is 19.1 Å². The van der Waals surface area contributed by atoms with Crippen LogP contribution in [0.5, 0.6) is 0 Å².